The number of hydrogen-bond donors (Lipinski definition) is 2. The summed E-state index contributed by atoms with van der Waals surface area (Å²) in [5.41, 5.74) is -2.43. The van der Waals surface area contributed by atoms with E-state index in [1.54, 1.807) is 0 Å². The van der Waals surface area contributed by atoms with Gasteiger partial charge in [0.1, 0.15) is 0 Å². The number of aliphatic carboxylic acids is 2. The number of hydrogen-bond acceptors (Lipinski definition) is 4. The van der Waals surface area contributed by atoms with Crippen LogP contribution in [0.2, 0.25) is 0 Å². The molecule has 0 aromatic rings. The van der Waals surface area contributed by atoms with Crippen molar-refractivity contribution in [3.05, 3.63) is 12.2 Å². The summed E-state index contributed by atoms with van der Waals surface area (Å²) in [5, 5.41) is 17.6. The first kappa shape index (κ1) is 14.3. The topological polar surface area (TPSA) is 101 Å². The highest BCUT2D eigenvalue weighted by molar-refractivity contribution is 6.15. The standard InChI is InChI=1S/C10H14O6/c1-4-16-10(9(14)15,5-7(11)12)8(13)6(2)3/h2,4-5H2,1,3H3,(H,11,12)(H,14,15). The van der Waals surface area contributed by atoms with E-state index in [9.17, 15) is 14.4 Å². The monoisotopic (exact) mass is 230 g/mol. The SMILES string of the molecule is C=C(C)C(=O)C(CC(=O)O)(OCC)C(=O)O. The summed E-state index contributed by atoms with van der Waals surface area (Å²) in [7, 11) is 0. The molecule has 0 aliphatic carbocycles. The van der Waals surface area contributed by atoms with E-state index in [1.807, 2.05) is 0 Å². The molecule has 0 aliphatic heterocycles. The molecular formula is C10H14O6. The number of carboxylic acid groups (broad SMARTS) is 2. The summed E-state index contributed by atoms with van der Waals surface area (Å²) in [6, 6.07) is 0. The van der Waals surface area contributed by atoms with Crippen LogP contribution in [0.15, 0.2) is 12.2 Å². The third-order valence-corrected chi connectivity index (χ3v) is 1.89. The molecule has 0 saturated carbocycles. The zero-order chi connectivity index (χ0) is 12.9. The number of rotatable bonds is 7. The van der Waals surface area contributed by atoms with E-state index in [0.29, 0.717) is 0 Å². The Bertz CT molecular complexity index is 332. The Morgan fingerprint density at radius 1 is 1.31 bits per heavy atom. The number of ether oxygens (including phenoxy) is 1. The van der Waals surface area contributed by atoms with Crippen molar-refractivity contribution >= 4 is 17.7 Å². The number of carbonyl (C=O) groups excluding carboxylic acids is 1. The molecule has 0 rings (SSSR count). The highest BCUT2D eigenvalue weighted by Crippen LogP contribution is 2.22. The van der Waals surface area contributed by atoms with Crippen LogP contribution in [0.1, 0.15) is 20.3 Å². The van der Waals surface area contributed by atoms with Gasteiger partial charge in [-0.25, -0.2) is 4.79 Å². The smallest absolute Gasteiger partial charge is 0.344 e. The maximum absolute atomic E-state index is 11.7. The van der Waals surface area contributed by atoms with Crippen LogP contribution in [-0.4, -0.2) is 40.1 Å². The third kappa shape index (κ3) is 2.90. The molecule has 0 saturated heterocycles. The summed E-state index contributed by atoms with van der Waals surface area (Å²) in [6.07, 6.45) is -0.929. The van der Waals surface area contributed by atoms with Gasteiger partial charge in [0.2, 0.25) is 11.4 Å². The Labute approximate surface area is 92.5 Å². The lowest BCUT2D eigenvalue weighted by atomic mass is 9.90. The van der Waals surface area contributed by atoms with Crippen LogP contribution in [0, 0.1) is 0 Å². The van der Waals surface area contributed by atoms with Gasteiger partial charge in [0, 0.05) is 6.61 Å². The molecule has 2 N–H and O–H groups in total. The third-order valence-electron chi connectivity index (χ3n) is 1.89. The first-order valence-corrected chi connectivity index (χ1v) is 4.57. The summed E-state index contributed by atoms with van der Waals surface area (Å²) >= 11 is 0. The van der Waals surface area contributed by atoms with Gasteiger partial charge in [-0.15, -0.1) is 0 Å². The van der Waals surface area contributed by atoms with Gasteiger partial charge in [0.15, 0.2) is 0 Å². The first-order chi connectivity index (χ1) is 7.27. The fourth-order valence-corrected chi connectivity index (χ4v) is 1.24. The van der Waals surface area contributed by atoms with E-state index in [1.165, 1.54) is 13.8 Å². The normalized spacial score (nSPS) is 13.9. The number of carbonyl (C=O) groups is 3. The minimum Gasteiger partial charge on any atom is -0.481 e. The van der Waals surface area contributed by atoms with E-state index < -0.39 is 29.7 Å². The Kier molecular flexibility index (Phi) is 4.84. The molecule has 6 nitrogen and oxygen atoms in total. The predicted molar refractivity (Wildman–Crippen MR) is 54.1 cm³/mol. The second kappa shape index (κ2) is 5.41. The van der Waals surface area contributed by atoms with Gasteiger partial charge in [-0.2, -0.15) is 0 Å². The fraction of sp³-hybridized carbons (Fsp3) is 0.500. The van der Waals surface area contributed by atoms with E-state index in [2.05, 4.69) is 6.58 Å². The molecule has 0 aliphatic rings. The summed E-state index contributed by atoms with van der Waals surface area (Å²) in [5.74, 6) is -3.97. The maximum Gasteiger partial charge on any atom is 0.344 e. The molecular weight excluding hydrogens is 216 g/mol. The van der Waals surface area contributed by atoms with E-state index in [4.69, 9.17) is 14.9 Å². The average molecular weight is 230 g/mol. The minimum absolute atomic E-state index is 0.0582. The Balaban J connectivity index is 5.41. The predicted octanol–water partition coefficient (Wildman–Crippen LogP) is 0.466. The van der Waals surface area contributed by atoms with Gasteiger partial charge in [-0.3, -0.25) is 9.59 Å². The second-order valence-corrected chi connectivity index (χ2v) is 3.25. The van der Waals surface area contributed by atoms with Crippen LogP contribution in [0.5, 0.6) is 0 Å². The van der Waals surface area contributed by atoms with Crippen molar-refractivity contribution in [1.29, 1.82) is 0 Å². The van der Waals surface area contributed by atoms with Crippen molar-refractivity contribution in [3.8, 4) is 0 Å². The molecule has 0 heterocycles. The number of Topliss-reactive ketones (excluding diaryl/α,β-unsaturated/α-hetero) is 1. The molecule has 0 fully saturated rings. The van der Waals surface area contributed by atoms with Crippen molar-refractivity contribution in [2.75, 3.05) is 6.61 Å². The molecule has 0 spiro atoms. The van der Waals surface area contributed by atoms with E-state index in [-0.39, 0.29) is 12.2 Å². The van der Waals surface area contributed by atoms with E-state index in [0.717, 1.165) is 0 Å². The highest BCUT2D eigenvalue weighted by Gasteiger charge is 2.49. The zero-order valence-corrected chi connectivity index (χ0v) is 9.15. The molecule has 0 aromatic heterocycles. The summed E-state index contributed by atoms with van der Waals surface area (Å²) in [4.78, 5) is 33.3. The van der Waals surface area contributed by atoms with Crippen LogP contribution < -0.4 is 0 Å². The fourth-order valence-electron chi connectivity index (χ4n) is 1.24. The molecule has 1 unspecified atom stereocenters. The molecule has 90 valence electrons. The van der Waals surface area contributed by atoms with Crippen LogP contribution in [0.25, 0.3) is 0 Å². The van der Waals surface area contributed by atoms with Gasteiger partial charge < -0.3 is 14.9 Å². The maximum atomic E-state index is 11.7. The number of ketones is 1. The van der Waals surface area contributed by atoms with Crippen LogP contribution in [-0.2, 0) is 19.1 Å². The van der Waals surface area contributed by atoms with Crippen molar-refractivity contribution in [2.45, 2.75) is 25.9 Å². The van der Waals surface area contributed by atoms with Gasteiger partial charge in [-0.05, 0) is 19.4 Å². The largest absolute Gasteiger partial charge is 0.481 e. The van der Waals surface area contributed by atoms with Crippen LogP contribution in [0.4, 0.5) is 0 Å². The Morgan fingerprint density at radius 3 is 2.06 bits per heavy atom. The van der Waals surface area contributed by atoms with Crippen molar-refractivity contribution in [1.82, 2.24) is 0 Å². The van der Waals surface area contributed by atoms with Crippen LogP contribution >= 0.6 is 0 Å². The molecule has 0 bridgehead atoms. The molecule has 1 atom stereocenters. The lowest BCUT2D eigenvalue weighted by Crippen LogP contribution is -2.51. The molecule has 0 aromatic carbocycles. The Hall–Kier alpha value is -1.69. The average Bonchev–Trinajstić information content (AvgIpc) is 2.14. The lowest BCUT2D eigenvalue weighted by molar-refractivity contribution is -0.176. The molecule has 0 radical (unpaired) electrons. The summed E-state index contributed by atoms with van der Waals surface area (Å²) in [6.45, 7) is 6.01. The van der Waals surface area contributed by atoms with Crippen molar-refractivity contribution < 1.29 is 29.3 Å². The first-order valence-electron chi connectivity index (χ1n) is 4.57. The lowest BCUT2D eigenvalue weighted by Gasteiger charge is -2.26. The highest BCUT2D eigenvalue weighted by atomic mass is 16.5. The van der Waals surface area contributed by atoms with Crippen molar-refractivity contribution in [2.24, 2.45) is 0 Å². The second-order valence-electron chi connectivity index (χ2n) is 3.25. The summed E-state index contributed by atoms with van der Waals surface area (Å²) < 4.78 is 4.83. The zero-order valence-electron chi connectivity index (χ0n) is 9.15. The quantitative estimate of drug-likeness (QED) is 0.487. The molecule has 0 amide bonds. The van der Waals surface area contributed by atoms with E-state index >= 15 is 0 Å². The molecule has 6 heteroatoms. The van der Waals surface area contributed by atoms with Crippen molar-refractivity contribution in [3.63, 3.8) is 0 Å². The molecule has 16 heavy (non-hydrogen) atoms. The van der Waals surface area contributed by atoms with Gasteiger partial charge in [-0.1, -0.05) is 6.58 Å². The Morgan fingerprint density at radius 2 is 1.81 bits per heavy atom. The number of carboxylic acids is 2. The van der Waals surface area contributed by atoms with Gasteiger partial charge in [0.05, 0.1) is 6.42 Å². The van der Waals surface area contributed by atoms with Gasteiger partial charge >= 0.3 is 11.9 Å². The van der Waals surface area contributed by atoms with Gasteiger partial charge in [0.25, 0.3) is 0 Å². The van der Waals surface area contributed by atoms with Crippen LogP contribution in [0.3, 0.4) is 0 Å². The minimum atomic E-state index is -2.37.